The Hall–Kier alpha value is -1.35. The molecule has 1 aliphatic rings. The fraction of sp³-hybridized carbons (Fsp3) is 0.500. The van der Waals surface area contributed by atoms with E-state index in [0.717, 1.165) is 24.9 Å². The predicted molar refractivity (Wildman–Crippen MR) is 68.6 cm³/mol. The first-order chi connectivity index (χ1) is 8.22. The maximum atomic E-state index is 12.4. The minimum Gasteiger partial charge on any atom is -0.341 e. The number of hydrogen-bond donors (Lipinski definition) is 1. The van der Waals surface area contributed by atoms with Crippen molar-refractivity contribution in [3.63, 3.8) is 0 Å². The van der Waals surface area contributed by atoms with E-state index in [9.17, 15) is 4.79 Å². The minimum atomic E-state index is -0.0125. The lowest BCUT2D eigenvalue weighted by molar-refractivity contribution is -0.131. The highest BCUT2D eigenvalue weighted by Crippen LogP contribution is 2.23. The monoisotopic (exact) mass is 232 g/mol. The van der Waals surface area contributed by atoms with Gasteiger partial charge in [0.2, 0.25) is 5.91 Å². The third-order valence-corrected chi connectivity index (χ3v) is 3.44. The molecule has 3 nitrogen and oxygen atoms in total. The van der Waals surface area contributed by atoms with E-state index in [1.807, 2.05) is 35.2 Å². The highest BCUT2D eigenvalue weighted by molar-refractivity contribution is 5.84. The summed E-state index contributed by atoms with van der Waals surface area (Å²) in [5.41, 5.74) is 6.96. The zero-order chi connectivity index (χ0) is 12.3. The Kier molecular flexibility index (Phi) is 3.79. The van der Waals surface area contributed by atoms with Crippen LogP contribution in [0.2, 0.25) is 0 Å². The average molecular weight is 232 g/mol. The van der Waals surface area contributed by atoms with Crippen LogP contribution in [0.3, 0.4) is 0 Å². The Bertz CT molecular complexity index is 377. The number of nitrogens with two attached hydrogens (primary N) is 1. The molecule has 0 aliphatic carbocycles. The third-order valence-electron chi connectivity index (χ3n) is 3.44. The molecule has 1 heterocycles. The summed E-state index contributed by atoms with van der Waals surface area (Å²) in [6.45, 7) is 3.58. The SMILES string of the molecule is CC[C@@H](C(=O)N1CC[C@H](N)C1)c1ccccc1. The van der Waals surface area contributed by atoms with Crippen molar-refractivity contribution < 1.29 is 4.79 Å². The number of likely N-dealkylation sites (tertiary alicyclic amines) is 1. The van der Waals surface area contributed by atoms with Crippen molar-refractivity contribution in [3.05, 3.63) is 35.9 Å². The fourth-order valence-electron chi connectivity index (χ4n) is 2.45. The van der Waals surface area contributed by atoms with Gasteiger partial charge in [-0.15, -0.1) is 0 Å². The van der Waals surface area contributed by atoms with Gasteiger partial charge in [0.05, 0.1) is 5.92 Å². The van der Waals surface area contributed by atoms with E-state index < -0.39 is 0 Å². The minimum absolute atomic E-state index is 0.0125. The Balaban J connectivity index is 2.11. The summed E-state index contributed by atoms with van der Waals surface area (Å²) in [4.78, 5) is 14.3. The van der Waals surface area contributed by atoms with Crippen molar-refractivity contribution >= 4 is 5.91 Å². The lowest BCUT2D eigenvalue weighted by Crippen LogP contribution is -2.35. The van der Waals surface area contributed by atoms with Gasteiger partial charge in [-0.2, -0.15) is 0 Å². The summed E-state index contributed by atoms with van der Waals surface area (Å²) in [5.74, 6) is 0.216. The topological polar surface area (TPSA) is 46.3 Å². The molecule has 0 spiro atoms. The van der Waals surface area contributed by atoms with E-state index in [1.165, 1.54) is 0 Å². The number of carbonyl (C=O) groups excluding carboxylic acids is 1. The van der Waals surface area contributed by atoms with Crippen LogP contribution in [0.5, 0.6) is 0 Å². The molecule has 2 rings (SSSR count). The third kappa shape index (κ3) is 2.67. The van der Waals surface area contributed by atoms with Gasteiger partial charge in [-0.3, -0.25) is 4.79 Å². The van der Waals surface area contributed by atoms with Gasteiger partial charge < -0.3 is 10.6 Å². The molecule has 17 heavy (non-hydrogen) atoms. The second-order valence-corrected chi connectivity index (χ2v) is 4.70. The smallest absolute Gasteiger partial charge is 0.230 e. The normalized spacial score (nSPS) is 21.5. The number of carbonyl (C=O) groups is 1. The first kappa shape index (κ1) is 12.1. The van der Waals surface area contributed by atoms with Crippen molar-refractivity contribution in [2.24, 2.45) is 5.73 Å². The highest BCUT2D eigenvalue weighted by atomic mass is 16.2. The van der Waals surface area contributed by atoms with Gasteiger partial charge in [-0.25, -0.2) is 0 Å². The first-order valence-electron chi connectivity index (χ1n) is 6.31. The van der Waals surface area contributed by atoms with Crippen LogP contribution in [0.4, 0.5) is 0 Å². The largest absolute Gasteiger partial charge is 0.341 e. The molecule has 0 bridgehead atoms. The van der Waals surface area contributed by atoms with Crippen molar-refractivity contribution in [2.45, 2.75) is 31.7 Å². The Morgan fingerprint density at radius 2 is 2.18 bits per heavy atom. The molecule has 3 heteroatoms. The summed E-state index contributed by atoms with van der Waals surface area (Å²) < 4.78 is 0. The zero-order valence-electron chi connectivity index (χ0n) is 10.3. The molecule has 1 aliphatic heterocycles. The van der Waals surface area contributed by atoms with Crippen molar-refractivity contribution in [2.75, 3.05) is 13.1 Å². The van der Waals surface area contributed by atoms with Crippen molar-refractivity contribution in [3.8, 4) is 0 Å². The molecule has 2 atom stereocenters. The molecule has 2 N–H and O–H groups in total. The van der Waals surface area contributed by atoms with Crippen LogP contribution in [0.1, 0.15) is 31.2 Å². The molecule has 1 aromatic carbocycles. The summed E-state index contributed by atoms with van der Waals surface area (Å²) in [7, 11) is 0. The molecule has 0 unspecified atom stereocenters. The molecule has 1 saturated heterocycles. The summed E-state index contributed by atoms with van der Waals surface area (Å²) in [6, 6.07) is 10.2. The molecule has 1 aromatic rings. The summed E-state index contributed by atoms with van der Waals surface area (Å²) in [6.07, 6.45) is 1.77. The van der Waals surface area contributed by atoms with Crippen LogP contribution in [-0.4, -0.2) is 29.9 Å². The number of rotatable bonds is 3. The van der Waals surface area contributed by atoms with Gasteiger partial charge in [0, 0.05) is 19.1 Å². The second kappa shape index (κ2) is 5.32. The Morgan fingerprint density at radius 3 is 2.71 bits per heavy atom. The summed E-state index contributed by atoms with van der Waals surface area (Å²) in [5, 5.41) is 0. The molecular formula is C14H20N2O. The zero-order valence-corrected chi connectivity index (χ0v) is 10.3. The number of amides is 1. The van der Waals surface area contributed by atoms with Crippen molar-refractivity contribution in [1.29, 1.82) is 0 Å². The van der Waals surface area contributed by atoms with E-state index in [0.29, 0.717) is 6.54 Å². The lowest BCUT2D eigenvalue weighted by atomic mass is 9.95. The second-order valence-electron chi connectivity index (χ2n) is 4.70. The molecule has 0 radical (unpaired) electrons. The van der Waals surface area contributed by atoms with E-state index in [2.05, 4.69) is 6.92 Å². The van der Waals surface area contributed by atoms with Crippen LogP contribution in [0.25, 0.3) is 0 Å². The van der Waals surface area contributed by atoms with Crippen LogP contribution in [0, 0.1) is 0 Å². The molecule has 1 amide bonds. The van der Waals surface area contributed by atoms with Gasteiger partial charge in [-0.05, 0) is 18.4 Å². The van der Waals surface area contributed by atoms with Gasteiger partial charge in [0.15, 0.2) is 0 Å². The van der Waals surface area contributed by atoms with Gasteiger partial charge in [0.25, 0.3) is 0 Å². The molecule has 1 fully saturated rings. The van der Waals surface area contributed by atoms with Crippen LogP contribution < -0.4 is 5.73 Å². The predicted octanol–water partition coefficient (Wildman–Crippen LogP) is 1.74. The molecule has 0 aromatic heterocycles. The van der Waals surface area contributed by atoms with Crippen LogP contribution in [0.15, 0.2) is 30.3 Å². The average Bonchev–Trinajstić information content (AvgIpc) is 2.78. The number of nitrogens with zero attached hydrogens (tertiary/aromatic N) is 1. The Morgan fingerprint density at radius 1 is 1.47 bits per heavy atom. The van der Waals surface area contributed by atoms with Crippen molar-refractivity contribution in [1.82, 2.24) is 4.90 Å². The van der Waals surface area contributed by atoms with E-state index in [4.69, 9.17) is 5.73 Å². The Labute approximate surface area is 103 Å². The maximum Gasteiger partial charge on any atom is 0.230 e. The van der Waals surface area contributed by atoms with Gasteiger partial charge in [0.1, 0.15) is 0 Å². The maximum absolute atomic E-state index is 12.4. The molecule has 92 valence electrons. The number of benzene rings is 1. The molecule has 0 saturated carbocycles. The van der Waals surface area contributed by atoms with Gasteiger partial charge in [-0.1, -0.05) is 37.3 Å². The highest BCUT2D eigenvalue weighted by Gasteiger charge is 2.29. The first-order valence-corrected chi connectivity index (χ1v) is 6.31. The quantitative estimate of drug-likeness (QED) is 0.863. The summed E-state index contributed by atoms with van der Waals surface area (Å²) >= 11 is 0. The van der Waals surface area contributed by atoms with E-state index in [1.54, 1.807) is 0 Å². The molecular weight excluding hydrogens is 212 g/mol. The van der Waals surface area contributed by atoms with Gasteiger partial charge >= 0.3 is 0 Å². The van der Waals surface area contributed by atoms with E-state index >= 15 is 0 Å². The van der Waals surface area contributed by atoms with Crippen LogP contribution >= 0.6 is 0 Å². The fourth-order valence-corrected chi connectivity index (χ4v) is 2.45. The lowest BCUT2D eigenvalue weighted by Gasteiger charge is -2.22. The van der Waals surface area contributed by atoms with Crippen LogP contribution in [-0.2, 0) is 4.79 Å². The van der Waals surface area contributed by atoms with E-state index in [-0.39, 0.29) is 17.9 Å². The number of hydrogen-bond acceptors (Lipinski definition) is 2. The standard InChI is InChI=1S/C14H20N2O/c1-2-13(11-6-4-3-5-7-11)14(17)16-9-8-12(15)10-16/h3-7,12-13H,2,8-10,15H2,1H3/t12-,13+/m0/s1.